The van der Waals surface area contributed by atoms with E-state index < -0.39 is 0 Å². The van der Waals surface area contributed by atoms with E-state index in [9.17, 15) is 4.79 Å². The van der Waals surface area contributed by atoms with Crippen LogP contribution >= 0.6 is 0 Å². The number of benzene rings is 1. The molecule has 3 rings (SSSR count). The molecule has 1 fully saturated rings. The molecule has 1 N–H and O–H groups in total. The van der Waals surface area contributed by atoms with Gasteiger partial charge in [0.05, 0.1) is 11.8 Å². The summed E-state index contributed by atoms with van der Waals surface area (Å²) < 4.78 is 5.20. The molecular weight excluding hydrogens is 276 g/mol. The van der Waals surface area contributed by atoms with Crippen molar-refractivity contribution in [3.05, 3.63) is 59.5 Å². The molecule has 0 bridgehead atoms. The summed E-state index contributed by atoms with van der Waals surface area (Å²) in [4.78, 5) is 14.7. The molecule has 0 saturated carbocycles. The maximum Gasteiger partial charge on any atom is 0.255 e. The van der Waals surface area contributed by atoms with Crippen LogP contribution in [0.25, 0.3) is 0 Å². The van der Waals surface area contributed by atoms with Gasteiger partial charge in [0.2, 0.25) is 0 Å². The van der Waals surface area contributed by atoms with Crippen molar-refractivity contribution in [2.75, 3.05) is 13.1 Å². The van der Waals surface area contributed by atoms with Crippen LogP contribution in [0.5, 0.6) is 0 Å². The van der Waals surface area contributed by atoms with Gasteiger partial charge in [0, 0.05) is 25.2 Å². The highest BCUT2D eigenvalue weighted by atomic mass is 16.3. The van der Waals surface area contributed by atoms with Gasteiger partial charge in [-0.15, -0.1) is 0 Å². The third kappa shape index (κ3) is 3.07. The molecule has 116 valence electrons. The van der Waals surface area contributed by atoms with Gasteiger partial charge in [0.15, 0.2) is 0 Å². The van der Waals surface area contributed by atoms with E-state index in [0.29, 0.717) is 17.4 Å². The van der Waals surface area contributed by atoms with Gasteiger partial charge in [-0.25, -0.2) is 0 Å². The Kier molecular flexibility index (Phi) is 4.29. The van der Waals surface area contributed by atoms with E-state index in [1.807, 2.05) is 13.0 Å². The molecule has 0 aliphatic carbocycles. The Morgan fingerprint density at radius 3 is 2.77 bits per heavy atom. The van der Waals surface area contributed by atoms with Gasteiger partial charge in [-0.05, 0) is 31.9 Å². The van der Waals surface area contributed by atoms with Crippen LogP contribution in [-0.4, -0.2) is 29.9 Å². The Morgan fingerprint density at radius 1 is 1.32 bits per heavy atom. The summed E-state index contributed by atoms with van der Waals surface area (Å²) in [5.74, 6) is 0.635. The Labute approximate surface area is 131 Å². The number of aryl methyl sites for hydroxylation is 1. The standard InChI is InChI=1S/C18H22N2O2/c1-13(15-6-4-3-5-7-15)20-10-8-16(12-20)19-18(21)17-9-11-22-14(17)2/h3-7,9,11,13,16H,8,10,12H2,1-2H3,(H,19,21)/t13-,16-/m1/s1. The van der Waals surface area contributed by atoms with Gasteiger partial charge in [-0.2, -0.15) is 0 Å². The summed E-state index contributed by atoms with van der Waals surface area (Å²) >= 11 is 0. The van der Waals surface area contributed by atoms with Gasteiger partial charge < -0.3 is 9.73 Å². The molecule has 1 aliphatic rings. The summed E-state index contributed by atoms with van der Waals surface area (Å²) in [5.41, 5.74) is 1.95. The van der Waals surface area contributed by atoms with E-state index in [-0.39, 0.29) is 11.9 Å². The fourth-order valence-corrected chi connectivity index (χ4v) is 3.08. The topological polar surface area (TPSA) is 45.5 Å². The maximum atomic E-state index is 12.2. The van der Waals surface area contributed by atoms with Crippen molar-refractivity contribution >= 4 is 5.91 Å². The second kappa shape index (κ2) is 6.36. The van der Waals surface area contributed by atoms with Gasteiger partial charge in [-0.1, -0.05) is 30.3 Å². The van der Waals surface area contributed by atoms with E-state index >= 15 is 0 Å². The van der Waals surface area contributed by atoms with Crippen molar-refractivity contribution in [3.8, 4) is 0 Å². The fraction of sp³-hybridized carbons (Fsp3) is 0.389. The number of furan rings is 1. The van der Waals surface area contributed by atoms with Gasteiger partial charge >= 0.3 is 0 Å². The molecule has 0 spiro atoms. The average Bonchev–Trinajstić information content (AvgIpc) is 3.16. The van der Waals surface area contributed by atoms with Crippen LogP contribution in [0.4, 0.5) is 0 Å². The summed E-state index contributed by atoms with van der Waals surface area (Å²) in [6, 6.07) is 12.8. The summed E-state index contributed by atoms with van der Waals surface area (Å²) in [6.45, 7) is 5.93. The first kappa shape index (κ1) is 14.9. The van der Waals surface area contributed by atoms with Gasteiger partial charge in [-0.3, -0.25) is 9.69 Å². The van der Waals surface area contributed by atoms with E-state index in [1.165, 1.54) is 5.56 Å². The summed E-state index contributed by atoms with van der Waals surface area (Å²) in [7, 11) is 0. The molecule has 1 aromatic carbocycles. The molecule has 1 aliphatic heterocycles. The smallest absolute Gasteiger partial charge is 0.255 e. The Morgan fingerprint density at radius 2 is 2.09 bits per heavy atom. The number of hydrogen-bond acceptors (Lipinski definition) is 3. The molecular formula is C18H22N2O2. The quantitative estimate of drug-likeness (QED) is 0.943. The van der Waals surface area contributed by atoms with Gasteiger partial charge in [0.1, 0.15) is 5.76 Å². The highest BCUT2D eigenvalue weighted by Gasteiger charge is 2.28. The predicted molar refractivity (Wildman–Crippen MR) is 85.7 cm³/mol. The molecule has 4 nitrogen and oxygen atoms in total. The highest BCUT2D eigenvalue weighted by Crippen LogP contribution is 2.24. The molecule has 2 aromatic rings. The Hall–Kier alpha value is -2.07. The third-order valence-electron chi connectivity index (χ3n) is 4.49. The van der Waals surface area contributed by atoms with Gasteiger partial charge in [0.25, 0.3) is 5.91 Å². The first-order chi connectivity index (χ1) is 10.6. The molecule has 2 atom stereocenters. The van der Waals surface area contributed by atoms with Crippen LogP contribution in [0, 0.1) is 6.92 Å². The minimum atomic E-state index is -0.0366. The van der Waals surface area contributed by atoms with Crippen molar-refractivity contribution < 1.29 is 9.21 Å². The molecule has 22 heavy (non-hydrogen) atoms. The number of nitrogens with one attached hydrogen (secondary N) is 1. The second-order valence-corrected chi connectivity index (χ2v) is 5.93. The lowest BCUT2D eigenvalue weighted by Gasteiger charge is -2.24. The van der Waals surface area contributed by atoms with E-state index in [1.54, 1.807) is 12.3 Å². The minimum Gasteiger partial charge on any atom is -0.469 e. The number of likely N-dealkylation sites (tertiary alicyclic amines) is 1. The molecule has 1 aromatic heterocycles. The van der Waals surface area contributed by atoms with Crippen LogP contribution in [0.15, 0.2) is 47.1 Å². The third-order valence-corrected chi connectivity index (χ3v) is 4.49. The number of carbonyl (C=O) groups is 1. The summed E-state index contributed by atoms with van der Waals surface area (Å²) in [5, 5.41) is 3.12. The van der Waals surface area contributed by atoms with Crippen LogP contribution in [-0.2, 0) is 0 Å². The van der Waals surface area contributed by atoms with Crippen molar-refractivity contribution in [1.82, 2.24) is 10.2 Å². The van der Waals surface area contributed by atoms with Crippen molar-refractivity contribution in [3.63, 3.8) is 0 Å². The predicted octanol–water partition coefficient (Wildman–Crippen LogP) is 3.15. The summed E-state index contributed by atoms with van der Waals surface area (Å²) in [6.07, 6.45) is 2.54. The second-order valence-electron chi connectivity index (χ2n) is 5.93. The largest absolute Gasteiger partial charge is 0.469 e. The zero-order valence-corrected chi connectivity index (χ0v) is 13.1. The SMILES string of the molecule is Cc1occc1C(=O)N[C@@H]1CCN([C@H](C)c2ccccc2)C1. The molecule has 1 amide bonds. The first-order valence-corrected chi connectivity index (χ1v) is 7.79. The number of carbonyl (C=O) groups excluding carboxylic acids is 1. The van der Waals surface area contributed by atoms with E-state index in [2.05, 4.69) is 41.4 Å². The Bertz CT molecular complexity index is 636. The van der Waals surface area contributed by atoms with E-state index in [4.69, 9.17) is 4.42 Å². The Balaban J connectivity index is 1.59. The minimum absolute atomic E-state index is 0.0366. The number of hydrogen-bond donors (Lipinski definition) is 1. The first-order valence-electron chi connectivity index (χ1n) is 7.79. The number of rotatable bonds is 4. The maximum absolute atomic E-state index is 12.2. The lowest BCUT2D eigenvalue weighted by atomic mass is 10.1. The molecule has 2 heterocycles. The number of nitrogens with zero attached hydrogens (tertiary/aromatic N) is 1. The average molecular weight is 298 g/mol. The molecule has 4 heteroatoms. The molecule has 1 saturated heterocycles. The zero-order valence-electron chi connectivity index (χ0n) is 13.1. The lowest BCUT2D eigenvalue weighted by Crippen LogP contribution is -2.37. The van der Waals surface area contributed by atoms with Crippen LogP contribution < -0.4 is 5.32 Å². The zero-order chi connectivity index (χ0) is 15.5. The van der Waals surface area contributed by atoms with Crippen LogP contribution in [0.3, 0.4) is 0 Å². The normalized spacial score (nSPS) is 20.0. The van der Waals surface area contributed by atoms with Crippen molar-refractivity contribution in [2.24, 2.45) is 0 Å². The number of amides is 1. The molecule has 0 radical (unpaired) electrons. The molecule has 0 unspecified atom stereocenters. The van der Waals surface area contributed by atoms with Crippen molar-refractivity contribution in [1.29, 1.82) is 0 Å². The lowest BCUT2D eigenvalue weighted by molar-refractivity contribution is 0.0935. The van der Waals surface area contributed by atoms with Crippen LogP contribution in [0.2, 0.25) is 0 Å². The highest BCUT2D eigenvalue weighted by molar-refractivity contribution is 5.95. The van der Waals surface area contributed by atoms with Crippen LogP contribution in [0.1, 0.15) is 41.1 Å². The fourth-order valence-electron chi connectivity index (χ4n) is 3.08. The van der Waals surface area contributed by atoms with Crippen molar-refractivity contribution in [2.45, 2.75) is 32.4 Å². The monoisotopic (exact) mass is 298 g/mol. The van der Waals surface area contributed by atoms with E-state index in [0.717, 1.165) is 19.5 Å².